The molecule has 2 rings (SSSR count). The van der Waals surface area contributed by atoms with Crippen LogP contribution in [0.5, 0.6) is 0 Å². The molecule has 0 aliphatic carbocycles. The molecule has 2 amide bonds. The fraction of sp³-hybridized carbons (Fsp3) is 0.176. The smallest absolute Gasteiger partial charge is 0.239 e. The summed E-state index contributed by atoms with van der Waals surface area (Å²) in [4.78, 5) is 24.6. The minimum absolute atomic E-state index is 0.411. The van der Waals surface area contributed by atoms with Crippen LogP contribution >= 0.6 is 11.6 Å². The molecule has 0 radical (unpaired) electrons. The third-order valence-corrected chi connectivity index (χ3v) is 3.77. The molecule has 2 aromatic carbocycles. The summed E-state index contributed by atoms with van der Waals surface area (Å²) < 4.78 is 39.8. The first-order valence-corrected chi connectivity index (χ1v) is 7.52. The van der Waals surface area contributed by atoms with Crippen molar-refractivity contribution >= 4 is 34.8 Å². The molecule has 4 nitrogen and oxygen atoms in total. The maximum absolute atomic E-state index is 13.7. The normalized spacial score (nSPS) is 11.1. The Hall–Kier alpha value is -2.54. The fourth-order valence-corrected chi connectivity index (χ4v) is 1.95. The van der Waals surface area contributed by atoms with Crippen LogP contribution in [0.3, 0.4) is 0 Å². The van der Waals surface area contributed by atoms with Gasteiger partial charge in [-0.1, -0.05) is 11.6 Å². The SMILES string of the molecule is CC(C)(C(=O)Nc1ccc(Cl)cc1)C(=O)Nc1ccc(F)c(F)c1F. The van der Waals surface area contributed by atoms with Crippen LogP contribution in [0, 0.1) is 22.9 Å². The predicted octanol–water partition coefficient (Wildman–Crippen LogP) is 4.36. The Labute approximate surface area is 147 Å². The van der Waals surface area contributed by atoms with E-state index in [2.05, 4.69) is 10.6 Å². The molecule has 0 saturated carbocycles. The van der Waals surface area contributed by atoms with Crippen LogP contribution in [-0.4, -0.2) is 11.8 Å². The molecular weight excluding hydrogens is 357 g/mol. The molecule has 0 aliphatic heterocycles. The number of anilines is 2. The number of carbonyl (C=O) groups is 2. The summed E-state index contributed by atoms with van der Waals surface area (Å²) in [6.07, 6.45) is 0. The monoisotopic (exact) mass is 370 g/mol. The summed E-state index contributed by atoms with van der Waals surface area (Å²) in [5.74, 6) is -6.18. The van der Waals surface area contributed by atoms with Gasteiger partial charge in [-0.3, -0.25) is 9.59 Å². The number of amides is 2. The molecule has 0 bridgehead atoms. The summed E-state index contributed by atoms with van der Waals surface area (Å²) >= 11 is 5.75. The highest BCUT2D eigenvalue weighted by molar-refractivity contribution is 6.30. The highest BCUT2D eigenvalue weighted by atomic mass is 35.5. The van der Waals surface area contributed by atoms with Crippen LogP contribution in [0.15, 0.2) is 36.4 Å². The van der Waals surface area contributed by atoms with Crippen LogP contribution < -0.4 is 10.6 Å². The molecule has 8 heteroatoms. The van der Waals surface area contributed by atoms with E-state index in [1.54, 1.807) is 24.3 Å². The van der Waals surface area contributed by atoms with Crippen molar-refractivity contribution in [2.75, 3.05) is 10.6 Å². The van der Waals surface area contributed by atoms with Crippen LogP contribution in [0.4, 0.5) is 24.5 Å². The van der Waals surface area contributed by atoms with Crippen molar-refractivity contribution in [2.24, 2.45) is 5.41 Å². The van der Waals surface area contributed by atoms with Crippen molar-refractivity contribution in [3.8, 4) is 0 Å². The van der Waals surface area contributed by atoms with Gasteiger partial charge >= 0.3 is 0 Å². The molecule has 132 valence electrons. The number of hydrogen-bond donors (Lipinski definition) is 2. The molecule has 0 spiro atoms. The van der Waals surface area contributed by atoms with Gasteiger partial charge in [0.25, 0.3) is 0 Å². The maximum Gasteiger partial charge on any atom is 0.239 e. The first-order valence-electron chi connectivity index (χ1n) is 7.15. The van der Waals surface area contributed by atoms with Crippen molar-refractivity contribution in [3.63, 3.8) is 0 Å². The quantitative estimate of drug-likeness (QED) is 0.620. The Morgan fingerprint density at radius 1 is 0.880 bits per heavy atom. The lowest BCUT2D eigenvalue weighted by atomic mass is 9.90. The Morgan fingerprint density at radius 2 is 1.44 bits per heavy atom. The lowest BCUT2D eigenvalue weighted by Crippen LogP contribution is -2.41. The molecule has 2 aromatic rings. The second-order valence-electron chi connectivity index (χ2n) is 5.76. The molecule has 0 saturated heterocycles. The number of halogens is 4. The summed E-state index contributed by atoms with van der Waals surface area (Å²) in [6, 6.07) is 7.75. The molecule has 0 aromatic heterocycles. The van der Waals surface area contributed by atoms with Gasteiger partial charge in [0.15, 0.2) is 17.5 Å². The average molecular weight is 371 g/mol. The van der Waals surface area contributed by atoms with Gasteiger partial charge in [-0.2, -0.15) is 0 Å². The van der Waals surface area contributed by atoms with Crippen molar-refractivity contribution in [3.05, 3.63) is 58.9 Å². The van der Waals surface area contributed by atoms with E-state index in [9.17, 15) is 22.8 Å². The molecule has 0 unspecified atom stereocenters. The van der Waals surface area contributed by atoms with Gasteiger partial charge in [-0.05, 0) is 50.2 Å². The summed E-state index contributed by atoms with van der Waals surface area (Å²) in [5.41, 5.74) is -1.76. The third-order valence-electron chi connectivity index (χ3n) is 3.52. The highest BCUT2D eigenvalue weighted by Gasteiger charge is 2.36. The first-order chi connectivity index (χ1) is 11.6. The topological polar surface area (TPSA) is 58.2 Å². The minimum atomic E-state index is -1.71. The second kappa shape index (κ2) is 7.14. The van der Waals surface area contributed by atoms with E-state index in [1.807, 2.05) is 0 Å². The van der Waals surface area contributed by atoms with E-state index in [-0.39, 0.29) is 0 Å². The molecule has 2 N–H and O–H groups in total. The molecule has 0 aliphatic rings. The van der Waals surface area contributed by atoms with Gasteiger partial charge in [0.1, 0.15) is 5.41 Å². The molecule has 0 atom stereocenters. The third kappa shape index (κ3) is 4.11. The average Bonchev–Trinajstić information content (AvgIpc) is 2.57. The number of rotatable bonds is 4. The Kier molecular flexibility index (Phi) is 5.37. The molecular formula is C17H14ClF3N2O2. The standard InChI is InChI=1S/C17H14ClF3N2O2/c1-17(2,15(24)22-10-5-3-9(18)4-6-10)16(25)23-12-8-7-11(19)13(20)14(12)21/h3-8H,1-2H3,(H,22,24)(H,23,25). The van der Waals surface area contributed by atoms with Crippen molar-refractivity contribution in [2.45, 2.75) is 13.8 Å². The minimum Gasteiger partial charge on any atom is -0.325 e. The zero-order chi connectivity index (χ0) is 18.8. The Bertz CT molecular complexity index is 823. The summed E-state index contributed by atoms with van der Waals surface area (Å²) in [5, 5.41) is 5.09. The molecule has 0 fully saturated rings. The van der Waals surface area contributed by atoms with Gasteiger partial charge in [0.2, 0.25) is 11.8 Å². The van der Waals surface area contributed by atoms with Crippen molar-refractivity contribution in [1.29, 1.82) is 0 Å². The van der Waals surface area contributed by atoms with Gasteiger partial charge in [-0.15, -0.1) is 0 Å². The van der Waals surface area contributed by atoms with Crippen molar-refractivity contribution in [1.82, 2.24) is 0 Å². The number of hydrogen-bond acceptors (Lipinski definition) is 2. The Balaban J connectivity index is 2.15. The van der Waals surface area contributed by atoms with Crippen LogP contribution in [0.25, 0.3) is 0 Å². The summed E-state index contributed by atoms with van der Waals surface area (Å²) in [7, 11) is 0. The van der Waals surface area contributed by atoms with E-state index in [0.717, 1.165) is 6.07 Å². The second-order valence-corrected chi connectivity index (χ2v) is 6.20. The maximum atomic E-state index is 13.7. The van der Waals surface area contributed by atoms with E-state index >= 15 is 0 Å². The van der Waals surface area contributed by atoms with E-state index in [0.29, 0.717) is 16.8 Å². The van der Waals surface area contributed by atoms with E-state index in [1.165, 1.54) is 13.8 Å². The predicted molar refractivity (Wildman–Crippen MR) is 88.8 cm³/mol. The van der Waals surface area contributed by atoms with Gasteiger partial charge in [0, 0.05) is 10.7 Å². The van der Waals surface area contributed by atoms with Crippen LogP contribution in [-0.2, 0) is 9.59 Å². The number of carbonyl (C=O) groups excluding carboxylic acids is 2. The Morgan fingerprint density at radius 3 is 2.04 bits per heavy atom. The summed E-state index contributed by atoms with van der Waals surface area (Å²) in [6.45, 7) is 2.62. The van der Waals surface area contributed by atoms with Gasteiger partial charge < -0.3 is 10.6 Å². The van der Waals surface area contributed by atoms with Gasteiger partial charge in [-0.25, -0.2) is 13.2 Å². The van der Waals surface area contributed by atoms with Crippen molar-refractivity contribution < 1.29 is 22.8 Å². The molecule has 0 heterocycles. The van der Waals surface area contributed by atoms with Crippen LogP contribution in [0.1, 0.15) is 13.8 Å². The largest absolute Gasteiger partial charge is 0.325 e. The lowest BCUT2D eigenvalue weighted by molar-refractivity contribution is -0.135. The number of nitrogens with one attached hydrogen (secondary N) is 2. The fourth-order valence-electron chi connectivity index (χ4n) is 1.82. The van der Waals surface area contributed by atoms with E-state index < -0.39 is 40.4 Å². The first kappa shape index (κ1) is 18.8. The zero-order valence-electron chi connectivity index (χ0n) is 13.3. The van der Waals surface area contributed by atoms with E-state index in [4.69, 9.17) is 11.6 Å². The number of benzene rings is 2. The zero-order valence-corrected chi connectivity index (χ0v) is 14.0. The molecule has 25 heavy (non-hydrogen) atoms. The van der Waals surface area contributed by atoms with Crippen LogP contribution in [0.2, 0.25) is 5.02 Å². The van der Waals surface area contributed by atoms with Gasteiger partial charge in [0.05, 0.1) is 5.69 Å². The highest BCUT2D eigenvalue weighted by Crippen LogP contribution is 2.25. The lowest BCUT2D eigenvalue weighted by Gasteiger charge is -2.23.